The number of aryl methyl sites for hydroxylation is 1. The SMILES string of the molecule is Cl.NCCC(=O)N1CCC(OCCCc2ccccc2)C1. The Morgan fingerprint density at radius 3 is 2.81 bits per heavy atom. The van der Waals surface area contributed by atoms with E-state index in [0.29, 0.717) is 13.0 Å². The van der Waals surface area contributed by atoms with Crippen molar-refractivity contribution < 1.29 is 9.53 Å². The molecular weight excluding hydrogens is 288 g/mol. The summed E-state index contributed by atoms with van der Waals surface area (Å²) in [6, 6.07) is 10.4. The molecule has 0 radical (unpaired) electrons. The molecule has 1 amide bonds. The van der Waals surface area contributed by atoms with E-state index in [9.17, 15) is 4.79 Å². The number of benzene rings is 1. The summed E-state index contributed by atoms with van der Waals surface area (Å²) >= 11 is 0. The van der Waals surface area contributed by atoms with Crippen molar-refractivity contribution in [1.82, 2.24) is 4.90 Å². The lowest BCUT2D eigenvalue weighted by molar-refractivity contribution is -0.130. The van der Waals surface area contributed by atoms with Crippen molar-refractivity contribution in [3.63, 3.8) is 0 Å². The minimum Gasteiger partial charge on any atom is -0.376 e. The van der Waals surface area contributed by atoms with Crippen LogP contribution in [0.4, 0.5) is 0 Å². The van der Waals surface area contributed by atoms with Gasteiger partial charge in [0.2, 0.25) is 5.91 Å². The van der Waals surface area contributed by atoms with Crippen LogP contribution in [0, 0.1) is 0 Å². The largest absolute Gasteiger partial charge is 0.376 e. The van der Waals surface area contributed by atoms with Gasteiger partial charge in [0.05, 0.1) is 6.10 Å². The number of ether oxygens (including phenoxy) is 1. The molecule has 0 aromatic heterocycles. The van der Waals surface area contributed by atoms with Gasteiger partial charge in [-0.15, -0.1) is 12.4 Å². The van der Waals surface area contributed by atoms with Crippen LogP contribution in [0.5, 0.6) is 0 Å². The normalized spacial score (nSPS) is 17.6. The standard InChI is InChI=1S/C16H24N2O2.ClH/c17-10-8-16(19)18-11-9-15(13-18)20-12-4-7-14-5-2-1-3-6-14;/h1-3,5-6,15H,4,7-13,17H2;1H. The molecule has 1 aromatic carbocycles. The van der Waals surface area contributed by atoms with Gasteiger partial charge in [0.1, 0.15) is 0 Å². The molecule has 1 heterocycles. The summed E-state index contributed by atoms with van der Waals surface area (Å²) in [6.45, 7) is 2.72. The topological polar surface area (TPSA) is 55.6 Å². The van der Waals surface area contributed by atoms with Crippen molar-refractivity contribution in [2.45, 2.75) is 31.8 Å². The molecule has 1 aliphatic heterocycles. The number of likely N-dealkylation sites (tertiary alicyclic amines) is 1. The number of rotatable bonds is 7. The fourth-order valence-electron chi connectivity index (χ4n) is 2.54. The number of carbonyl (C=O) groups excluding carboxylic acids is 1. The minimum absolute atomic E-state index is 0. The summed E-state index contributed by atoms with van der Waals surface area (Å²) in [5.41, 5.74) is 6.76. The highest BCUT2D eigenvalue weighted by atomic mass is 35.5. The van der Waals surface area contributed by atoms with Crippen LogP contribution >= 0.6 is 12.4 Å². The predicted molar refractivity (Wildman–Crippen MR) is 86.6 cm³/mol. The van der Waals surface area contributed by atoms with Gasteiger partial charge in [0.25, 0.3) is 0 Å². The van der Waals surface area contributed by atoms with Crippen molar-refractivity contribution in [1.29, 1.82) is 0 Å². The first kappa shape index (κ1) is 18.0. The van der Waals surface area contributed by atoms with Gasteiger partial charge in [-0.25, -0.2) is 0 Å². The number of nitrogens with zero attached hydrogens (tertiary/aromatic N) is 1. The molecule has 1 fully saturated rings. The van der Waals surface area contributed by atoms with Gasteiger partial charge in [-0.1, -0.05) is 30.3 Å². The fourth-order valence-corrected chi connectivity index (χ4v) is 2.54. The number of hydrogen-bond acceptors (Lipinski definition) is 3. The van der Waals surface area contributed by atoms with Crippen LogP contribution in [0.15, 0.2) is 30.3 Å². The summed E-state index contributed by atoms with van der Waals surface area (Å²) in [4.78, 5) is 13.6. The molecule has 0 spiro atoms. The van der Waals surface area contributed by atoms with Crippen LogP contribution in [-0.4, -0.2) is 43.2 Å². The Hall–Kier alpha value is -1.10. The Kier molecular flexibility index (Phi) is 8.35. The Morgan fingerprint density at radius 2 is 2.10 bits per heavy atom. The molecule has 4 nitrogen and oxygen atoms in total. The second-order valence-electron chi connectivity index (χ2n) is 5.25. The van der Waals surface area contributed by atoms with E-state index < -0.39 is 0 Å². The van der Waals surface area contributed by atoms with E-state index in [0.717, 1.165) is 39.0 Å². The van der Waals surface area contributed by atoms with Crippen LogP contribution in [-0.2, 0) is 16.0 Å². The van der Waals surface area contributed by atoms with Gasteiger partial charge >= 0.3 is 0 Å². The molecule has 1 aromatic rings. The minimum atomic E-state index is 0. The zero-order valence-corrected chi connectivity index (χ0v) is 13.2. The molecule has 1 unspecified atom stereocenters. The third-order valence-corrected chi connectivity index (χ3v) is 3.66. The fraction of sp³-hybridized carbons (Fsp3) is 0.562. The van der Waals surface area contributed by atoms with Crippen LogP contribution < -0.4 is 5.73 Å². The zero-order chi connectivity index (χ0) is 14.2. The maximum Gasteiger partial charge on any atom is 0.223 e. The first-order valence-electron chi connectivity index (χ1n) is 7.43. The summed E-state index contributed by atoms with van der Waals surface area (Å²) in [6.07, 6.45) is 3.66. The average Bonchev–Trinajstić information content (AvgIpc) is 2.94. The van der Waals surface area contributed by atoms with Crippen LogP contribution in [0.3, 0.4) is 0 Å². The molecule has 1 saturated heterocycles. The van der Waals surface area contributed by atoms with Gasteiger partial charge in [-0.3, -0.25) is 4.79 Å². The van der Waals surface area contributed by atoms with E-state index in [4.69, 9.17) is 10.5 Å². The first-order chi connectivity index (χ1) is 9.79. The number of halogens is 1. The zero-order valence-electron chi connectivity index (χ0n) is 12.4. The third-order valence-electron chi connectivity index (χ3n) is 3.66. The van der Waals surface area contributed by atoms with Gasteiger partial charge in [0.15, 0.2) is 0 Å². The summed E-state index contributed by atoms with van der Waals surface area (Å²) in [7, 11) is 0. The summed E-state index contributed by atoms with van der Waals surface area (Å²) in [5.74, 6) is 0.155. The Labute approximate surface area is 133 Å². The quantitative estimate of drug-likeness (QED) is 0.784. The van der Waals surface area contributed by atoms with E-state index in [-0.39, 0.29) is 24.4 Å². The van der Waals surface area contributed by atoms with Crippen molar-refractivity contribution in [3.05, 3.63) is 35.9 Å². The van der Waals surface area contributed by atoms with Gasteiger partial charge < -0.3 is 15.4 Å². The molecular formula is C16H25ClN2O2. The average molecular weight is 313 g/mol. The Morgan fingerprint density at radius 1 is 1.33 bits per heavy atom. The van der Waals surface area contributed by atoms with Gasteiger partial charge in [0, 0.05) is 32.7 Å². The molecule has 5 heteroatoms. The molecule has 21 heavy (non-hydrogen) atoms. The smallest absolute Gasteiger partial charge is 0.223 e. The van der Waals surface area contributed by atoms with Crippen LogP contribution in [0.25, 0.3) is 0 Å². The second-order valence-corrected chi connectivity index (χ2v) is 5.25. The lowest BCUT2D eigenvalue weighted by Gasteiger charge is -2.16. The number of hydrogen-bond donors (Lipinski definition) is 1. The maximum atomic E-state index is 11.7. The summed E-state index contributed by atoms with van der Waals surface area (Å²) in [5, 5.41) is 0. The van der Waals surface area contributed by atoms with Crippen molar-refractivity contribution in [2.24, 2.45) is 5.73 Å². The molecule has 0 bridgehead atoms. The number of carbonyl (C=O) groups is 1. The van der Waals surface area contributed by atoms with Crippen molar-refractivity contribution in [2.75, 3.05) is 26.2 Å². The van der Waals surface area contributed by atoms with Crippen molar-refractivity contribution in [3.8, 4) is 0 Å². The monoisotopic (exact) mass is 312 g/mol. The number of amides is 1. The molecule has 1 aliphatic rings. The molecule has 2 rings (SSSR count). The highest BCUT2D eigenvalue weighted by molar-refractivity contribution is 5.85. The predicted octanol–water partition coefficient (Wildman–Crippen LogP) is 2.01. The van der Waals surface area contributed by atoms with Gasteiger partial charge in [-0.05, 0) is 24.8 Å². The Balaban J connectivity index is 0.00000220. The van der Waals surface area contributed by atoms with E-state index in [1.165, 1.54) is 5.56 Å². The highest BCUT2D eigenvalue weighted by Gasteiger charge is 2.25. The third kappa shape index (κ3) is 6.04. The van der Waals surface area contributed by atoms with E-state index >= 15 is 0 Å². The summed E-state index contributed by atoms with van der Waals surface area (Å²) < 4.78 is 5.86. The second kappa shape index (κ2) is 9.77. The van der Waals surface area contributed by atoms with Crippen molar-refractivity contribution >= 4 is 18.3 Å². The molecule has 2 N–H and O–H groups in total. The van der Waals surface area contributed by atoms with Gasteiger partial charge in [-0.2, -0.15) is 0 Å². The maximum absolute atomic E-state index is 11.7. The number of nitrogens with two attached hydrogens (primary N) is 1. The Bertz CT molecular complexity index is 414. The highest BCUT2D eigenvalue weighted by Crippen LogP contribution is 2.14. The lowest BCUT2D eigenvalue weighted by atomic mass is 10.1. The molecule has 1 atom stereocenters. The first-order valence-corrected chi connectivity index (χ1v) is 7.43. The molecule has 118 valence electrons. The van der Waals surface area contributed by atoms with E-state index in [1.807, 2.05) is 11.0 Å². The lowest BCUT2D eigenvalue weighted by Crippen LogP contribution is -2.31. The van der Waals surface area contributed by atoms with Crippen LogP contribution in [0.1, 0.15) is 24.8 Å². The molecule has 0 aliphatic carbocycles. The van der Waals surface area contributed by atoms with E-state index in [1.54, 1.807) is 0 Å². The molecule has 0 saturated carbocycles. The van der Waals surface area contributed by atoms with E-state index in [2.05, 4.69) is 24.3 Å². The van der Waals surface area contributed by atoms with Crippen LogP contribution in [0.2, 0.25) is 0 Å².